The van der Waals surface area contributed by atoms with E-state index in [9.17, 15) is 14.7 Å². The molecule has 0 saturated heterocycles. The van der Waals surface area contributed by atoms with Crippen LogP contribution in [-0.4, -0.2) is 17.0 Å². The number of hydrogen-bond acceptors (Lipinski definition) is 3. The van der Waals surface area contributed by atoms with E-state index in [-0.39, 0.29) is 5.91 Å². The summed E-state index contributed by atoms with van der Waals surface area (Å²) in [6, 6.07) is 14.0. The van der Waals surface area contributed by atoms with Gasteiger partial charge in [-0.15, -0.1) is 0 Å². The molecule has 0 bridgehead atoms. The number of carbonyl (C=O) groups excluding carboxylic acids is 1. The normalized spacial score (nSPS) is 19.6. The van der Waals surface area contributed by atoms with E-state index < -0.39 is 17.8 Å². The first-order valence-electron chi connectivity index (χ1n) is 8.60. The van der Waals surface area contributed by atoms with Crippen LogP contribution >= 0.6 is 11.6 Å². The highest BCUT2D eigenvalue weighted by Gasteiger charge is 2.35. The van der Waals surface area contributed by atoms with E-state index in [2.05, 4.69) is 5.32 Å². The van der Waals surface area contributed by atoms with Crippen molar-refractivity contribution in [1.29, 1.82) is 0 Å². The molecule has 1 fully saturated rings. The van der Waals surface area contributed by atoms with Crippen LogP contribution in [0.2, 0.25) is 5.02 Å². The molecule has 1 aliphatic rings. The van der Waals surface area contributed by atoms with Gasteiger partial charge in [-0.05, 0) is 61.4 Å². The molecule has 0 heterocycles. The second-order valence-corrected chi connectivity index (χ2v) is 6.84. The molecule has 0 aromatic heterocycles. The number of ether oxygens (including phenoxy) is 1. The summed E-state index contributed by atoms with van der Waals surface area (Å²) in [6.45, 7) is 0. The zero-order chi connectivity index (χ0) is 18.5. The van der Waals surface area contributed by atoms with Crippen LogP contribution in [0.3, 0.4) is 0 Å². The minimum absolute atomic E-state index is 0.233. The predicted molar refractivity (Wildman–Crippen MR) is 99.7 cm³/mol. The van der Waals surface area contributed by atoms with Gasteiger partial charge in [0, 0.05) is 10.7 Å². The number of carbonyl (C=O) groups is 2. The Morgan fingerprint density at radius 1 is 0.923 bits per heavy atom. The molecule has 26 heavy (non-hydrogen) atoms. The van der Waals surface area contributed by atoms with Crippen molar-refractivity contribution < 1.29 is 19.4 Å². The largest absolute Gasteiger partial charge is 0.481 e. The highest BCUT2D eigenvalue weighted by atomic mass is 35.5. The maximum Gasteiger partial charge on any atom is 0.307 e. The molecule has 0 unspecified atom stereocenters. The van der Waals surface area contributed by atoms with Crippen molar-refractivity contribution in [2.75, 3.05) is 5.32 Å². The smallest absolute Gasteiger partial charge is 0.307 e. The lowest BCUT2D eigenvalue weighted by Crippen LogP contribution is -2.36. The van der Waals surface area contributed by atoms with Crippen LogP contribution < -0.4 is 10.1 Å². The summed E-state index contributed by atoms with van der Waals surface area (Å²) in [7, 11) is 0. The SMILES string of the molecule is O=C(O)[C@H]1CCCC[C@@H]1C(=O)Nc1ccc(Oc2ccc(Cl)cc2)cc1. The molecule has 1 aliphatic carbocycles. The Labute approximate surface area is 156 Å². The number of aliphatic carboxylic acids is 1. The lowest BCUT2D eigenvalue weighted by atomic mass is 9.78. The molecule has 2 aromatic rings. The van der Waals surface area contributed by atoms with Gasteiger partial charge in [-0.3, -0.25) is 9.59 Å². The Kier molecular flexibility index (Phi) is 5.78. The first-order valence-corrected chi connectivity index (χ1v) is 8.98. The van der Waals surface area contributed by atoms with E-state index in [1.807, 2.05) is 0 Å². The van der Waals surface area contributed by atoms with E-state index in [1.165, 1.54) is 0 Å². The molecule has 6 heteroatoms. The molecule has 0 radical (unpaired) electrons. The van der Waals surface area contributed by atoms with Gasteiger partial charge in [0.25, 0.3) is 0 Å². The topological polar surface area (TPSA) is 75.6 Å². The number of amides is 1. The standard InChI is InChI=1S/C20H20ClNO4/c21-13-5-9-15(10-6-13)26-16-11-7-14(8-12-16)22-19(23)17-3-1-2-4-18(17)20(24)25/h5-12,17-18H,1-4H2,(H,22,23)(H,24,25)/t17-,18-/m0/s1. The highest BCUT2D eigenvalue weighted by Crippen LogP contribution is 2.31. The number of anilines is 1. The van der Waals surface area contributed by atoms with Crippen LogP contribution in [0.15, 0.2) is 48.5 Å². The van der Waals surface area contributed by atoms with Crippen molar-refractivity contribution in [2.24, 2.45) is 11.8 Å². The highest BCUT2D eigenvalue weighted by molar-refractivity contribution is 6.30. The van der Waals surface area contributed by atoms with Gasteiger partial charge in [0.2, 0.25) is 5.91 Å². The van der Waals surface area contributed by atoms with E-state index in [0.717, 1.165) is 12.8 Å². The zero-order valence-corrected chi connectivity index (χ0v) is 14.9. The third-order valence-corrected chi connectivity index (χ3v) is 4.84. The Morgan fingerprint density at radius 2 is 1.46 bits per heavy atom. The Bertz CT molecular complexity index is 773. The van der Waals surface area contributed by atoms with Gasteiger partial charge < -0.3 is 15.2 Å². The second-order valence-electron chi connectivity index (χ2n) is 6.41. The Hall–Kier alpha value is -2.53. The molecular formula is C20H20ClNO4. The third-order valence-electron chi connectivity index (χ3n) is 4.59. The van der Waals surface area contributed by atoms with Crippen molar-refractivity contribution in [2.45, 2.75) is 25.7 Å². The Morgan fingerprint density at radius 3 is 2.04 bits per heavy atom. The fraction of sp³-hybridized carbons (Fsp3) is 0.300. The van der Waals surface area contributed by atoms with Crippen molar-refractivity contribution in [1.82, 2.24) is 0 Å². The molecule has 136 valence electrons. The lowest BCUT2D eigenvalue weighted by molar-refractivity contribution is -0.147. The lowest BCUT2D eigenvalue weighted by Gasteiger charge is -2.27. The molecule has 0 spiro atoms. The van der Waals surface area contributed by atoms with Gasteiger partial charge >= 0.3 is 5.97 Å². The summed E-state index contributed by atoms with van der Waals surface area (Å²) in [4.78, 5) is 23.8. The maximum atomic E-state index is 12.5. The number of carboxylic acids is 1. The average molecular weight is 374 g/mol. The van der Waals surface area contributed by atoms with E-state index >= 15 is 0 Å². The summed E-state index contributed by atoms with van der Waals surface area (Å²) < 4.78 is 5.71. The van der Waals surface area contributed by atoms with Crippen molar-refractivity contribution in [3.8, 4) is 11.5 Å². The minimum Gasteiger partial charge on any atom is -0.481 e. The fourth-order valence-electron chi connectivity index (χ4n) is 3.22. The number of halogens is 1. The molecule has 1 amide bonds. The van der Waals surface area contributed by atoms with Gasteiger partial charge in [-0.1, -0.05) is 24.4 Å². The molecule has 5 nitrogen and oxygen atoms in total. The molecule has 2 atom stereocenters. The van der Waals surface area contributed by atoms with Crippen LogP contribution in [-0.2, 0) is 9.59 Å². The van der Waals surface area contributed by atoms with Crippen molar-refractivity contribution >= 4 is 29.2 Å². The van der Waals surface area contributed by atoms with Crippen LogP contribution in [0.5, 0.6) is 11.5 Å². The van der Waals surface area contributed by atoms with E-state index in [0.29, 0.717) is 35.1 Å². The minimum atomic E-state index is -0.892. The molecule has 0 aliphatic heterocycles. The monoisotopic (exact) mass is 373 g/mol. The Balaban J connectivity index is 1.62. The van der Waals surface area contributed by atoms with Gasteiger partial charge in [0.15, 0.2) is 0 Å². The molecular weight excluding hydrogens is 354 g/mol. The molecule has 2 N–H and O–H groups in total. The molecule has 3 rings (SSSR count). The van der Waals surface area contributed by atoms with Gasteiger partial charge in [-0.2, -0.15) is 0 Å². The summed E-state index contributed by atoms with van der Waals surface area (Å²) in [5.41, 5.74) is 0.619. The van der Waals surface area contributed by atoms with E-state index in [1.54, 1.807) is 48.5 Å². The van der Waals surface area contributed by atoms with E-state index in [4.69, 9.17) is 16.3 Å². The number of hydrogen-bond donors (Lipinski definition) is 2. The molecule has 2 aromatic carbocycles. The summed E-state index contributed by atoms with van der Waals surface area (Å²) in [6.07, 6.45) is 2.91. The number of nitrogens with one attached hydrogen (secondary N) is 1. The molecule has 1 saturated carbocycles. The fourth-order valence-corrected chi connectivity index (χ4v) is 3.35. The number of benzene rings is 2. The number of rotatable bonds is 5. The summed E-state index contributed by atoms with van der Waals surface area (Å²) in [5.74, 6) is -0.911. The van der Waals surface area contributed by atoms with Crippen LogP contribution in [0.25, 0.3) is 0 Å². The van der Waals surface area contributed by atoms with Crippen LogP contribution in [0, 0.1) is 11.8 Å². The summed E-state index contributed by atoms with van der Waals surface area (Å²) in [5, 5.41) is 12.8. The maximum absolute atomic E-state index is 12.5. The average Bonchev–Trinajstić information content (AvgIpc) is 2.65. The van der Waals surface area contributed by atoms with Crippen LogP contribution in [0.1, 0.15) is 25.7 Å². The zero-order valence-electron chi connectivity index (χ0n) is 14.2. The summed E-state index contributed by atoms with van der Waals surface area (Å²) >= 11 is 5.85. The quantitative estimate of drug-likeness (QED) is 0.776. The predicted octanol–water partition coefficient (Wildman–Crippen LogP) is 4.96. The second kappa shape index (κ2) is 8.23. The van der Waals surface area contributed by atoms with Crippen LogP contribution in [0.4, 0.5) is 5.69 Å². The first kappa shape index (κ1) is 18.3. The van der Waals surface area contributed by atoms with Crippen molar-refractivity contribution in [3.05, 3.63) is 53.6 Å². The van der Waals surface area contributed by atoms with Crippen molar-refractivity contribution in [3.63, 3.8) is 0 Å². The first-order chi connectivity index (χ1) is 12.5. The van der Waals surface area contributed by atoms with Gasteiger partial charge in [0.05, 0.1) is 11.8 Å². The third kappa shape index (κ3) is 4.55. The van der Waals surface area contributed by atoms with Gasteiger partial charge in [-0.25, -0.2) is 0 Å². The van der Waals surface area contributed by atoms with Gasteiger partial charge in [0.1, 0.15) is 11.5 Å². The number of carboxylic acid groups (broad SMARTS) is 1.